The highest BCUT2D eigenvalue weighted by molar-refractivity contribution is 7.89. The number of amides is 1. The number of aryl methyl sites for hydroxylation is 1. The summed E-state index contributed by atoms with van der Waals surface area (Å²) in [6.45, 7) is 2.11. The summed E-state index contributed by atoms with van der Waals surface area (Å²) in [5.41, 5.74) is 1.06. The number of anilines is 1. The maximum absolute atomic E-state index is 12.4. The second-order valence-electron chi connectivity index (χ2n) is 6.22. The van der Waals surface area contributed by atoms with Gasteiger partial charge < -0.3 is 15.7 Å². The van der Waals surface area contributed by atoms with Crippen molar-refractivity contribution in [2.45, 2.75) is 49.3 Å². The first-order valence-corrected chi connectivity index (χ1v) is 9.19. The molecule has 2 atom stereocenters. The average Bonchev–Trinajstić information content (AvgIpc) is 3.17. The minimum absolute atomic E-state index is 0. The van der Waals surface area contributed by atoms with Gasteiger partial charge >= 0.3 is 0 Å². The molecule has 2 aliphatic rings. The first-order valence-electron chi connectivity index (χ1n) is 7.70. The van der Waals surface area contributed by atoms with Gasteiger partial charge in [-0.05, 0) is 43.9 Å². The van der Waals surface area contributed by atoms with Gasteiger partial charge in [0.15, 0.2) is 0 Å². The van der Waals surface area contributed by atoms with Crippen molar-refractivity contribution in [3.05, 3.63) is 23.8 Å². The summed E-state index contributed by atoms with van der Waals surface area (Å²) >= 11 is 0. The monoisotopic (exact) mass is 375 g/mol. The minimum Gasteiger partial charge on any atom is -0.392 e. The van der Waals surface area contributed by atoms with E-state index in [4.69, 9.17) is 0 Å². The van der Waals surface area contributed by atoms with Crippen LogP contribution in [0.4, 0.5) is 5.69 Å². The number of β-amino-alcohol motifs (C(OH)–C–C–N with tert-alkyl or cyclic N) is 1. The molecule has 24 heavy (non-hydrogen) atoms. The van der Waals surface area contributed by atoms with Gasteiger partial charge in [-0.3, -0.25) is 4.79 Å². The number of benzene rings is 1. The van der Waals surface area contributed by atoms with E-state index >= 15 is 0 Å². The molecule has 1 heterocycles. The number of carbonyl (C=O) groups excluding carboxylic acids is 1. The average molecular weight is 376 g/mol. The highest BCUT2D eigenvalue weighted by atomic mass is 35.5. The van der Waals surface area contributed by atoms with Gasteiger partial charge in [0.05, 0.1) is 17.0 Å². The molecule has 2 unspecified atom stereocenters. The van der Waals surface area contributed by atoms with Crippen molar-refractivity contribution in [3.63, 3.8) is 0 Å². The van der Waals surface area contributed by atoms with E-state index in [0.717, 1.165) is 12.8 Å². The van der Waals surface area contributed by atoms with E-state index < -0.39 is 22.2 Å². The molecule has 134 valence electrons. The molecule has 7 nitrogen and oxygen atoms in total. The molecule has 1 aliphatic carbocycles. The van der Waals surface area contributed by atoms with Gasteiger partial charge in [0.2, 0.25) is 15.9 Å². The Balaban J connectivity index is 0.00000208. The number of hydrogen-bond acceptors (Lipinski definition) is 5. The zero-order valence-corrected chi connectivity index (χ0v) is 14.9. The molecular weight excluding hydrogens is 354 g/mol. The van der Waals surface area contributed by atoms with E-state index in [1.165, 1.54) is 6.07 Å². The maximum Gasteiger partial charge on any atom is 0.241 e. The van der Waals surface area contributed by atoms with Crippen LogP contribution in [0.15, 0.2) is 23.1 Å². The molecule has 1 saturated carbocycles. The number of rotatable bonds is 5. The molecule has 1 saturated heterocycles. The number of hydrogen-bond donors (Lipinski definition) is 4. The smallest absolute Gasteiger partial charge is 0.241 e. The Hall–Kier alpha value is -1.19. The molecule has 0 bridgehead atoms. The van der Waals surface area contributed by atoms with Crippen molar-refractivity contribution >= 4 is 34.0 Å². The first-order chi connectivity index (χ1) is 10.8. The van der Waals surface area contributed by atoms with Gasteiger partial charge in [0.1, 0.15) is 0 Å². The molecule has 1 amide bonds. The predicted molar refractivity (Wildman–Crippen MR) is 92.8 cm³/mol. The van der Waals surface area contributed by atoms with E-state index in [1.807, 2.05) is 0 Å². The summed E-state index contributed by atoms with van der Waals surface area (Å²) in [6, 6.07) is 4.39. The van der Waals surface area contributed by atoms with Gasteiger partial charge in [0, 0.05) is 18.3 Å². The van der Waals surface area contributed by atoms with Gasteiger partial charge in [-0.25, -0.2) is 13.1 Å². The summed E-state index contributed by atoms with van der Waals surface area (Å²) in [4.78, 5) is 12.3. The molecular formula is C15H22ClN3O4S. The van der Waals surface area contributed by atoms with Crippen LogP contribution < -0.4 is 15.4 Å². The van der Waals surface area contributed by atoms with E-state index in [0.29, 0.717) is 24.2 Å². The lowest BCUT2D eigenvalue weighted by molar-refractivity contribution is -0.117. The molecule has 1 aromatic carbocycles. The van der Waals surface area contributed by atoms with Crippen LogP contribution in [0.3, 0.4) is 0 Å². The topological polar surface area (TPSA) is 108 Å². The van der Waals surface area contributed by atoms with Crippen molar-refractivity contribution in [1.29, 1.82) is 0 Å². The second kappa shape index (κ2) is 7.37. The fraction of sp³-hybridized carbons (Fsp3) is 0.533. The Morgan fingerprint density at radius 3 is 2.62 bits per heavy atom. The summed E-state index contributed by atoms with van der Waals surface area (Å²) in [5, 5.41) is 15.1. The van der Waals surface area contributed by atoms with Crippen molar-refractivity contribution in [2.24, 2.45) is 0 Å². The molecule has 0 aromatic heterocycles. The number of nitrogens with one attached hydrogen (secondary N) is 3. The van der Waals surface area contributed by atoms with Crippen LogP contribution in [0, 0.1) is 6.92 Å². The Morgan fingerprint density at radius 2 is 2.04 bits per heavy atom. The highest BCUT2D eigenvalue weighted by Crippen LogP contribution is 2.25. The molecule has 0 spiro atoms. The molecule has 1 aliphatic heterocycles. The highest BCUT2D eigenvalue weighted by Gasteiger charge is 2.30. The third-order valence-electron chi connectivity index (χ3n) is 4.07. The number of carbonyl (C=O) groups is 1. The van der Waals surface area contributed by atoms with Crippen LogP contribution in [-0.2, 0) is 14.8 Å². The normalized spacial score (nSPS) is 23.6. The molecule has 3 rings (SSSR count). The quantitative estimate of drug-likeness (QED) is 0.600. The Labute approximate surface area is 147 Å². The van der Waals surface area contributed by atoms with Crippen LogP contribution in [-0.4, -0.2) is 44.2 Å². The van der Waals surface area contributed by atoms with Crippen molar-refractivity contribution in [2.75, 3.05) is 11.9 Å². The minimum atomic E-state index is -3.57. The summed E-state index contributed by atoms with van der Waals surface area (Å²) < 4.78 is 27.4. The van der Waals surface area contributed by atoms with Crippen LogP contribution in [0.1, 0.15) is 24.8 Å². The Morgan fingerprint density at radius 1 is 1.33 bits per heavy atom. The summed E-state index contributed by atoms with van der Waals surface area (Å²) in [5.74, 6) is -0.274. The lowest BCUT2D eigenvalue weighted by Crippen LogP contribution is -2.35. The van der Waals surface area contributed by atoms with Gasteiger partial charge in [-0.2, -0.15) is 0 Å². The third kappa shape index (κ3) is 4.46. The number of halogens is 1. The van der Waals surface area contributed by atoms with Gasteiger partial charge in [-0.15, -0.1) is 12.4 Å². The second-order valence-corrected chi connectivity index (χ2v) is 7.90. The number of aliphatic hydroxyl groups is 1. The van der Waals surface area contributed by atoms with Crippen LogP contribution in [0.2, 0.25) is 0 Å². The van der Waals surface area contributed by atoms with Crippen LogP contribution in [0.25, 0.3) is 0 Å². The third-order valence-corrected chi connectivity index (χ3v) is 5.73. The number of sulfonamides is 1. The maximum atomic E-state index is 12.4. The molecule has 2 fully saturated rings. The SMILES string of the molecule is Cc1ccc(NC(=O)C2CC(O)CN2)cc1S(=O)(=O)NC1CC1.Cl. The summed E-state index contributed by atoms with van der Waals surface area (Å²) in [6.07, 6.45) is 1.56. The lowest BCUT2D eigenvalue weighted by Gasteiger charge is -2.14. The number of aliphatic hydroxyl groups excluding tert-OH is 1. The predicted octanol–water partition coefficient (Wildman–Crippen LogP) is 0.519. The molecule has 0 radical (unpaired) electrons. The van der Waals surface area contributed by atoms with Gasteiger partial charge in [0.25, 0.3) is 0 Å². The molecule has 1 aromatic rings. The Kier molecular flexibility index (Phi) is 5.87. The van der Waals surface area contributed by atoms with E-state index in [2.05, 4.69) is 15.4 Å². The van der Waals surface area contributed by atoms with Crippen molar-refractivity contribution in [3.8, 4) is 0 Å². The van der Waals surface area contributed by atoms with E-state index in [-0.39, 0.29) is 29.3 Å². The van der Waals surface area contributed by atoms with Crippen LogP contribution >= 0.6 is 12.4 Å². The largest absolute Gasteiger partial charge is 0.392 e. The van der Waals surface area contributed by atoms with Gasteiger partial charge in [-0.1, -0.05) is 6.07 Å². The van der Waals surface area contributed by atoms with Crippen LogP contribution in [0.5, 0.6) is 0 Å². The Bertz CT molecular complexity index is 721. The van der Waals surface area contributed by atoms with Crippen molar-refractivity contribution in [1.82, 2.24) is 10.0 Å². The first kappa shape index (κ1) is 19.1. The fourth-order valence-electron chi connectivity index (χ4n) is 2.60. The standard InChI is InChI=1S/C15H21N3O4S.ClH/c1-9-2-3-11(17-15(20)13-7-12(19)8-16-13)6-14(9)23(21,22)18-10-4-5-10;/h2-3,6,10,12-13,16,18-19H,4-5,7-8H2,1H3,(H,17,20);1H. The molecule has 9 heteroatoms. The zero-order valence-electron chi connectivity index (χ0n) is 13.3. The van der Waals surface area contributed by atoms with E-state index in [9.17, 15) is 18.3 Å². The lowest BCUT2D eigenvalue weighted by atomic mass is 10.2. The zero-order chi connectivity index (χ0) is 16.6. The fourth-order valence-corrected chi connectivity index (χ4v) is 4.17. The van der Waals surface area contributed by atoms with Crippen molar-refractivity contribution < 1.29 is 18.3 Å². The molecule has 4 N–H and O–H groups in total. The summed E-state index contributed by atoms with van der Waals surface area (Å²) in [7, 11) is -3.57. The van der Waals surface area contributed by atoms with E-state index in [1.54, 1.807) is 19.1 Å².